The van der Waals surface area contributed by atoms with Gasteiger partial charge in [-0.05, 0) is 48.4 Å². The summed E-state index contributed by atoms with van der Waals surface area (Å²) in [6, 6.07) is 11.8. The van der Waals surface area contributed by atoms with Crippen LogP contribution in [0.1, 0.15) is 29.8 Å². The van der Waals surface area contributed by atoms with Crippen molar-refractivity contribution in [3.8, 4) is 0 Å². The van der Waals surface area contributed by atoms with Crippen LogP contribution in [0.5, 0.6) is 0 Å². The third-order valence-corrected chi connectivity index (χ3v) is 6.89. The van der Waals surface area contributed by atoms with Gasteiger partial charge < -0.3 is 4.90 Å². The molecule has 0 saturated heterocycles. The highest BCUT2D eigenvalue weighted by Gasteiger charge is 2.29. The number of carbonyl (C=O) groups excluding carboxylic acids is 1. The van der Waals surface area contributed by atoms with E-state index in [4.69, 9.17) is 11.6 Å². The maximum Gasteiger partial charge on any atom is 0.258 e. The zero-order valence-electron chi connectivity index (χ0n) is 14.8. The number of nitrogens with zero attached hydrogens (tertiary/aromatic N) is 2. The Bertz CT molecular complexity index is 940. The summed E-state index contributed by atoms with van der Waals surface area (Å²) in [6.07, 6.45) is 0.628. The van der Waals surface area contributed by atoms with E-state index in [-0.39, 0.29) is 10.8 Å². The minimum atomic E-state index is -3.51. The molecule has 0 radical (unpaired) electrons. The Morgan fingerprint density at radius 3 is 2.54 bits per heavy atom. The lowest BCUT2D eigenvalue weighted by molar-refractivity contribution is 0.0989. The SMILES string of the molecule is CCN(CC)S(=O)(=O)c1ccc2c(c1)CCN2C(=O)c1cccc(Cl)c1. The van der Waals surface area contributed by atoms with Crippen molar-refractivity contribution >= 4 is 33.2 Å². The van der Waals surface area contributed by atoms with Crippen molar-refractivity contribution in [2.75, 3.05) is 24.5 Å². The number of halogens is 1. The zero-order valence-corrected chi connectivity index (χ0v) is 16.3. The molecule has 1 aliphatic rings. The molecule has 26 heavy (non-hydrogen) atoms. The molecule has 1 amide bonds. The fourth-order valence-electron chi connectivity index (χ4n) is 3.24. The number of amides is 1. The smallest absolute Gasteiger partial charge is 0.258 e. The van der Waals surface area contributed by atoms with Gasteiger partial charge in [0, 0.05) is 35.9 Å². The van der Waals surface area contributed by atoms with Crippen LogP contribution in [0.4, 0.5) is 5.69 Å². The summed E-state index contributed by atoms with van der Waals surface area (Å²) in [4.78, 5) is 14.7. The second-order valence-electron chi connectivity index (χ2n) is 6.10. The van der Waals surface area contributed by atoms with Gasteiger partial charge in [0.05, 0.1) is 4.90 Å². The molecule has 2 aromatic rings. The Morgan fingerprint density at radius 2 is 1.88 bits per heavy atom. The minimum Gasteiger partial charge on any atom is -0.308 e. The lowest BCUT2D eigenvalue weighted by Gasteiger charge is -2.20. The van der Waals surface area contributed by atoms with Crippen molar-refractivity contribution in [3.63, 3.8) is 0 Å². The molecular formula is C19H21ClN2O3S. The van der Waals surface area contributed by atoms with Crippen LogP contribution in [-0.4, -0.2) is 38.3 Å². The first-order valence-electron chi connectivity index (χ1n) is 8.59. The van der Waals surface area contributed by atoms with E-state index in [2.05, 4.69) is 0 Å². The van der Waals surface area contributed by atoms with E-state index in [1.54, 1.807) is 47.4 Å². The molecule has 0 spiro atoms. The van der Waals surface area contributed by atoms with Crippen LogP contribution in [-0.2, 0) is 16.4 Å². The van der Waals surface area contributed by atoms with Gasteiger partial charge in [0.15, 0.2) is 0 Å². The lowest BCUT2D eigenvalue weighted by atomic mass is 10.1. The molecule has 0 atom stereocenters. The largest absolute Gasteiger partial charge is 0.308 e. The molecule has 2 aromatic carbocycles. The number of rotatable bonds is 5. The van der Waals surface area contributed by atoms with Crippen molar-refractivity contribution in [1.29, 1.82) is 0 Å². The summed E-state index contributed by atoms with van der Waals surface area (Å²) in [5.41, 5.74) is 2.15. The van der Waals surface area contributed by atoms with Gasteiger partial charge in [-0.3, -0.25) is 4.79 Å². The molecule has 7 heteroatoms. The summed E-state index contributed by atoms with van der Waals surface area (Å²) in [7, 11) is -3.51. The number of carbonyl (C=O) groups is 1. The first-order chi connectivity index (χ1) is 12.4. The van der Waals surface area contributed by atoms with E-state index < -0.39 is 10.0 Å². The van der Waals surface area contributed by atoms with Gasteiger partial charge >= 0.3 is 0 Å². The Kier molecular flexibility index (Phi) is 5.37. The molecular weight excluding hydrogens is 372 g/mol. The first kappa shape index (κ1) is 18.9. The molecule has 0 unspecified atom stereocenters. The molecule has 0 aromatic heterocycles. The monoisotopic (exact) mass is 392 g/mol. The Hall–Kier alpha value is -1.89. The van der Waals surface area contributed by atoms with E-state index in [1.165, 1.54) is 4.31 Å². The number of fused-ring (bicyclic) bond motifs is 1. The topological polar surface area (TPSA) is 57.7 Å². The van der Waals surface area contributed by atoms with Crippen LogP contribution < -0.4 is 4.90 Å². The van der Waals surface area contributed by atoms with Gasteiger partial charge in [0.2, 0.25) is 10.0 Å². The lowest BCUT2D eigenvalue weighted by Crippen LogP contribution is -2.30. The summed E-state index contributed by atoms with van der Waals surface area (Å²) in [6.45, 7) is 5.01. The van der Waals surface area contributed by atoms with Crippen LogP contribution in [0, 0.1) is 0 Å². The zero-order chi connectivity index (χ0) is 18.9. The second-order valence-corrected chi connectivity index (χ2v) is 8.47. The van der Waals surface area contributed by atoms with Gasteiger partial charge in [-0.15, -0.1) is 0 Å². The highest BCUT2D eigenvalue weighted by molar-refractivity contribution is 7.89. The van der Waals surface area contributed by atoms with Gasteiger partial charge in [0.25, 0.3) is 5.91 Å². The Morgan fingerprint density at radius 1 is 1.15 bits per heavy atom. The number of anilines is 1. The third-order valence-electron chi connectivity index (χ3n) is 4.61. The summed E-state index contributed by atoms with van der Waals surface area (Å²) in [5.74, 6) is -0.134. The van der Waals surface area contributed by atoms with Crippen molar-refractivity contribution in [1.82, 2.24) is 4.31 Å². The number of hydrogen-bond acceptors (Lipinski definition) is 3. The maximum absolute atomic E-state index is 12.8. The van der Waals surface area contributed by atoms with Crippen LogP contribution in [0.15, 0.2) is 47.4 Å². The number of sulfonamides is 1. The normalized spacial score (nSPS) is 13.9. The molecule has 0 saturated carbocycles. The summed E-state index contributed by atoms with van der Waals surface area (Å²) >= 11 is 5.98. The quantitative estimate of drug-likeness (QED) is 0.781. The van der Waals surface area contributed by atoms with Crippen molar-refractivity contribution in [3.05, 3.63) is 58.6 Å². The number of hydrogen-bond donors (Lipinski definition) is 0. The average Bonchev–Trinajstić information content (AvgIpc) is 3.05. The molecule has 0 N–H and O–H groups in total. The van der Waals surface area contributed by atoms with Gasteiger partial charge in [-0.1, -0.05) is 31.5 Å². The molecule has 3 rings (SSSR count). The second kappa shape index (κ2) is 7.39. The van der Waals surface area contributed by atoms with E-state index in [9.17, 15) is 13.2 Å². The molecule has 5 nitrogen and oxygen atoms in total. The minimum absolute atomic E-state index is 0.134. The van der Waals surface area contributed by atoms with Crippen LogP contribution in [0.2, 0.25) is 5.02 Å². The van der Waals surface area contributed by atoms with Crippen LogP contribution in [0.3, 0.4) is 0 Å². The highest BCUT2D eigenvalue weighted by atomic mass is 35.5. The van der Waals surface area contributed by atoms with Crippen molar-refractivity contribution in [2.24, 2.45) is 0 Å². The first-order valence-corrected chi connectivity index (χ1v) is 10.4. The van der Waals surface area contributed by atoms with E-state index in [0.717, 1.165) is 11.3 Å². The number of benzene rings is 2. The summed E-state index contributed by atoms with van der Waals surface area (Å²) in [5, 5.41) is 0.510. The molecule has 138 valence electrons. The van der Waals surface area contributed by atoms with Gasteiger partial charge in [-0.2, -0.15) is 4.31 Å². The van der Waals surface area contributed by atoms with Crippen molar-refractivity contribution in [2.45, 2.75) is 25.2 Å². The average molecular weight is 393 g/mol. The standard InChI is InChI=1S/C19H21ClN2O3S/c1-3-21(4-2)26(24,25)17-8-9-18-14(13-17)10-11-22(18)19(23)15-6-5-7-16(20)12-15/h5-9,12-13H,3-4,10-11H2,1-2H3. The van der Waals surface area contributed by atoms with Crippen LogP contribution in [0.25, 0.3) is 0 Å². The predicted molar refractivity (Wildman–Crippen MR) is 103 cm³/mol. The Balaban J connectivity index is 1.93. The highest BCUT2D eigenvalue weighted by Crippen LogP contribution is 2.32. The van der Waals surface area contributed by atoms with E-state index in [1.807, 2.05) is 13.8 Å². The van der Waals surface area contributed by atoms with E-state index in [0.29, 0.717) is 36.6 Å². The molecule has 0 bridgehead atoms. The van der Waals surface area contributed by atoms with Crippen LogP contribution >= 0.6 is 11.6 Å². The third kappa shape index (κ3) is 3.37. The van der Waals surface area contributed by atoms with Gasteiger partial charge in [-0.25, -0.2) is 8.42 Å². The molecule has 0 fully saturated rings. The predicted octanol–water partition coefficient (Wildman–Crippen LogP) is 3.57. The maximum atomic E-state index is 12.8. The van der Waals surface area contributed by atoms with Gasteiger partial charge in [0.1, 0.15) is 0 Å². The fourth-order valence-corrected chi connectivity index (χ4v) is 4.94. The molecule has 0 aliphatic carbocycles. The molecule has 1 aliphatic heterocycles. The van der Waals surface area contributed by atoms with E-state index >= 15 is 0 Å². The fraction of sp³-hybridized carbons (Fsp3) is 0.316. The summed E-state index contributed by atoms with van der Waals surface area (Å²) < 4.78 is 26.8. The molecule has 1 heterocycles. The van der Waals surface area contributed by atoms with Crippen molar-refractivity contribution < 1.29 is 13.2 Å². The Labute approximate surface area is 159 Å².